The number of ether oxygens (including phenoxy) is 1. The second kappa shape index (κ2) is 4.67. The summed E-state index contributed by atoms with van der Waals surface area (Å²) in [5, 5.41) is 7.45. The molecule has 1 N–H and O–H groups in total. The topological polar surface area (TPSA) is 93.8 Å². The summed E-state index contributed by atoms with van der Waals surface area (Å²) in [5.74, 6) is -1.70. The van der Waals surface area contributed by atoms with Crippen LogP contribution in [0.1, 0.15) is 17.5 Å². The van der Waals surface area contributed by atoms with E-state index in [-0.39, 0.29) is 11.7 Å². The fourth-order valence-corrected chi connectivity index (χ4v) is 2.29. The van der Waals surface area contributed by atoms with Crippen LogP contribution in [0.15, 0.2) is 21.6 Å². The molecule has 1 aromatic rings. The molecule has 0 saturated heterocycles. The normalized spacial score (nSPS) is 13.6. The molecule has 1 aromatic heterocycles. The summed E-state index contributed by atoms with van der Waals surface area (Å²) in [6.45, 7) is 1.48. The summed E-state index contributed by atoms with van der Waals surface area (Å²) in [4.78, 5) is 10.5. The predicted octanol–water partition coefficient (Wildman–Crippen LogP) is 0.786. The van der Waals surface area contributed by atoms with Crippen LogP contribution < -0.4 is 0 Å². The van der Waals surface area contributed by atoms with E-state index in [1.165, 1.54) is 14.0 Å². The number of rotatable bonds is 5. The Kier molecular flexibility index (Phi) is 3.71. The van der Waals surface area contributed by atoms with Crippen LogP contribution in [-0.4, -0.2) is 38.5 Å². The number of sulfone groups is 1. The van der Waals surface area contributed by atoms with Crippen LogP contribution in [0.5, 0.6) is 0 Å². The molecule has 1 atom stereocenters. The lowest BCUT2D eigenvalue weighted by Gasteiger charge is -2.08. The number of aromatic carboxylic acids is 1. The van der Waals surface area contributed by atoms with E-state index in [1.54, 1.807) is 0 Å². The SMILES string of the molecule is COCC(C)S(=O)(=O)c1ccc(C(=O)O)o1. The molecule has 0 spiro atoms. The van der Waals surface area contributed by atoms with Gasteiger partial charge in [-0.3, -0.25) is 0 Å². The molecule has 1 heterocycles. The van der Waals surface area contributed by atoms with Gasteiger partial charge in [0.15, 0.2) is 0 Å². The van der Waals surface area contributed by atoms with E-state index < -0.39 is 26.8 Å². The zero-order valence-corrected chi connectivity index (χ0v) is 9.65. The number of hydrogen-bond acceptors (Lipinski definition) is 5. The van der Waals surface area contributed by atoms with Crippen LogP contribution in [0, 0.1) is 0 Å². The minimum absolute atomic E-state index is 0.0193. The van der Waals surface area contributed by atoms with Gasteiger partial charge < -0.3 is 14.3 Å². The van der Waals surface area contributed by atoms with Gasteiger partial charge in [-0.15, -0.1) is 0 Å². The van der Waals surface area contributed by atoms with Gasteiger partial charge in [-0.1, -0.05) is 0 Å². The molecule has 1 unspecified atom stereocenters. The molecule has 0 radical (unpaired) electrons. The first-order chi connectivity index (χ1) is 7.39. The number of hydrogen-bond donors (Lipinski definition) is 1. The molecule has 0 saturated carbocycles. The zero-order valence-electron chi connectivity index (χ0n) is 8.84. The van der Waals surface area contributed by atoms with Crippen molar-refractivity contribution in [1.82, 2.24) is 0 Å². The van der Waals surface area contributed by atoms with Gasteiger partial charge in [0, 0.05) is 7.11 Å². The molecule has 6 nitrogen and oxygen atoms in total. The van der Waals surface area contributed by atoms with Crippen molar-refractivity contribution in [3.8, 4) is 0 Å². The first kappa shape index (κ1) is 12.7. The standard InChI is InChI=1S/C9H12O6S/c1-6(5-14-2)16(12,13)8-4-3-7(15-8)9(10)11/h3-4,6H,5H2,1-2H3,(H,10,11). The van der Waals surface area contributed by atoms with Crippen molar-refractivity contribution in [2.24, 2.45) is 0 Å². The summed E-state index contributed by atoms with van der Waals surface area (Å²) < 4.78 is 33.0. The molecule has 0 fully saturated rings. The third kappa shape index (κ3) is 2.42. The van der Waals surface area contributed by atoms with Gasteiger partial charge >= 0.3 is 5.97 Å². The second-order valence-electron chi connectivity index (χ2n) is 3.23. The molecule has 0 aliphatic heterocycles. The van der Waals surface area contributed by atoms with Crippen molar-refractivity contribution in [2.75, 3.05) is 13.7 Å². The minimum atomic E-state index is -3.67. The van der Waals surface area contributed by atoms with E-state index in [4.69, 9.17) is 14.3 Å². The van der Waals surface area contributed by atoms with Crippen molar-refractivity contribution in [3.05, 3.63) is 17.9 Å². The maximum atomic E-state index is 11.8. The number of carbonyl (C=O) groups is 1. The fraction of sp³-hybridized carbons (Fsp3) is 0.444. The summed E-state index contributed by atoms with van der Waals surface area (Å²) in [7, 11) is -2.28. The van der Waals surface area contributed by atoms with Crippen LogP contribution in [0.4, 0.5) is 0 Å². The predicted molar refractivity (Wildman–Crippen MR) is 54.2 cm³/mol. The smallest absolute Gasteiger partial charge is 0.371 e. The quantitative estimate of drug-likeness (QED) is 0.827. The number of methoxy groups -OCH3 is 1. The third-order valence-electron chi connectivity index (χ3n) is 2.00. The van der Waals surface area contributed by atoms with Crippen LogP contribution >= 0.6 is 0 Å². The van der Waals surface area contributed by atoms with Gasteiger partial charge in [-0.05, 0) is 19.1 Å². The maximum Gasteiger partial charge on any atom is 0.371 e. The molecule has 0 aliphatic carbocycles. The Hall–Kier alpha value is -1.34. The highest BCUT2D eigenvalue weighted by molar-refractivity contribution is 7.91. The average molecular weight is 248 g/mol. The minimum Gasteiger partial charge on any atom is -0.475 e. The van der Waals surface area contributed by atoms with E-state index in [9.17, 15) is 13.2 Å². The maximum absolute atomic E-state index is 11.8. The molecule has 0 aromatic carbocycles. The monoisotopic (exact) mass is 248 g/mol. The van der Waals surface area contributed by atoms with Crippen molar-refractivity contribution in [1.29, 1.82) is 0 Å². The largest absolute Gasteiger partial charge is 0.475 e. The van der Waals surface area contributed by atoms with Crippen LogP contribution in [0.3, 0.4) is 0 Å². The fourth-order valence-electron chi connectivity index (χ4n) is 1.11. The summed E-state index contributed by atoms with van der Waals surface area (Å²) in [6.07, 6.45) is 0. The highest BCUT2D eigenvalue weighted by atomic mass is 32.2. The Morgan fingerprint density at radius 2 is 2.19 bits per heavy atom. The molecule has 0 aliphatic rings. The average Bonchev–Trinajstić information content (AvgIpc) is 2.67. The number of furan rings is 1. The lowest BCUT2D eigenvalue weighted by molar-refractivity contribution is 0.0656. The molecule has 7 heteroatoms. The van der Waals surface area contributed by atoms with Crippen LogP contribution in [-0.2, 0) is 14.6 Å². The lowest BCUT2D eigenvalue weighted by atomic mass is 10.5. The van der Waals surface area contributed by atoms with Crippen LogP contribution in [0.2, 0.25) is 0 Å². The molecule has 0 bridgehead atoms. The highest BCUT2D eigenvalue weighted by Crippen LogP contribution is 2.19. The van der Waals surface area contributed by atoms with E-state index in [0.29, 0.717) is 0 Å². The summed E-state index contributed by atoms with van der Waals surface area (Å²) in [5.41, 5.74) is 0. The van der Waals surface area contributed by atoms with Gasteiger partial charge in [0.25, 0.3) is 0 Å². The molecule has 90 valence electrons. The Morgan fingerprint density at radius 1 is 1.56 bits per heavy atom. The van der Waals surface area contributed by atoms with Gasteiger partial charge in [-0.25, -0.2) is 13.2 Å². The molecular formula is C9H12O6S. The van der Waals surface area contributed by atoms with Crippen molar-refractivity contribution < 1.29 is 27.5 Å². The van der Waals surface area contributed by atoms with Gasteiger partial charge in [0.2, 0.25) is 20.7 Å². The molecule has 1 rings (SSSR count). The first-order valence-corrected chi connectivity index (χ1v) is 6.00. The highest BCUT2D eigenvalue weighted by Gasteiger charge is 2.27. The van der Waals surface area contributed by atoms with E-state index in [0.717, 1.165) is 12.1 Å². The Labute approximate surface area is 92.7 Å². The van der Waals surface area contributed by atoms with Crippen molar-refractivity contribution in [3.63, 3.8) is 0 Å². The Bertz CT molecular complexity index is 472. The van der Waals surface area contributed by atoms with Crippen molar-refractivity contribution in [2.45, 2.75) is 17.3 Å². The Morgan fingerprint density at radius 3 is 2.62 bits per heavy atom. The molecule has 0 amide bonds. The van der Waals surface area contributed by atoms with E-state index in [1.807, 2.05) is 0 Å². The van der Waals surface area contributed by atoms with Crippen LogP contribution in [0.25, 0.3) is 0 Å². The molecular weight excluding hydrogens is 236 g/mol. The third-order valence-corrected chi connectivity index (χ3v) is 3.98. The van der Waals surface area contributed by atoms with Gasteiger partial charge in [0.1, 0.15) is 0 Å². The zero-order chi connectivity index (χ0) is 12.3. The number of carboxylic acids is 1. The Balaban J connectivity index is 3.03. The van der Waals surface area contributed by atoms with E-state index >= 15 is 0 Å². The molecule has 16 heavy (non-hydrogen) atoms. The van der Waals surface area contributed by atoms with Crippen molar-refractivity contribution >= 4 is 15.8 Å². The van der Waals surface area contributed by atoms with E-state index in [2.05, 4.69) is 0 Å². The first-order valence-electron chi connectivity index (χ1n) is 4.45. The van der Waals surface area contributed by atoms with Gasteiger partial charge in [-0.2, -0.15) is 0 Å². The lowest BCUT2D eigenvalue weighted by Crippen LogP contribution is -2.22. The summed E-state index contributed by atoms with van der Waals surface area (Å²) >= 11 is 0. The second-order valence-corrected chi connectivity index (χ2v) is 5.53. The summed E-state index contributed by atoms with van der Waals surface area (Å²) in [6, 6.07) is 2.24. The van der Waals surface area contributed by atoms with Gasteiger partial charge in [0.05, 0.1) is 11.9 Å². The number of carboxylic acid groups (broad SMARTS) is 1.